The molecule has 12 heavy (non-hydrogen) atoms. The lowest BCUT2D eigenvalue weighted by Crippen LogP contribution is -2.43. The van der Waals surface area contributed by atoms with Crippen molar-refractivity contribution in [1.29, 1.82) is 0 Å². The maximum Gasteiger partial charge on any atom is 0.0984 e. The van der Waals surface area contributed by atoms with Crippen LogP contribution >= 0.6 is 0 Å². The highest BCUT2D eigenvalue weighted by Gasteiger charge is 2.11. The molecule has 0 saturated carbocycles. The summed E-state index contributed by atoms with van der Waals surface area (Å²) in [5.41, 5.74) is 1.29. The maximum absolute atomic E-state index is 3.35. The summed E-state index contributed by atoms with van der Waals surface area (Å²) < 4.78 is 0. The van der Waals surface area contributed by atoms with Gasteiger partial charge in [0.25, 0.3) is 0 Å². The number of hydrogen-bond acceptors (Lipinski definition) is 2. The zero-order valence-corrected chi connectivity index (χ0v) is 8.17. The van der Waals surface area contributed by atoms with E-state index in [0.29, 0.717) is 6.17 Å². The summed E-state index contributed by atoms with van der Waals surface area (Å²) in [7, 11) is 0. The van der Waals surface area contributed by atoms with Crippen LogP contribution in [-0.2, 0) is 0 Å². The summed E-state index contributed by atoms with van der Waals surface area (Å²) in [5, 5.41) is 3.35. The Morgan fingerprint density at radius 1 is 1.42 bits per heavy atom. The maximum atomic E-state index is 3.35. The lowest BCUT2D eigenvalue weighted by atomic mass is 10.2. The summed E-state index contributed by atoms with van der Waals surface area (Å²) in [4.78, 5) is 2.37. The fraction of sp³-hybridized carbons (Fsp3) is 0.600. The quantitative estimate of drug-likeness (QED) is 0.686. The summed E-state index contributed by atoms with van der Waals surface area (Å²) in [6, 6.07) is 0. The van der Waals surface area contributed by atoms with Crippen molar-refractivity contribution >= 4 is 0 Å². The number of hydrogen-bond donors (Lipinski definition) is 1. The van der Waals surface area contributed by atoms with Crippen LogP contribution in [0.3, 0.4) is 0 Å². The third-order valence-corrected chi connectivity index (χ3v) is 2.23. The van der Waals surface area contributed by atoms with Crippen molar-refractivity contribution in [2.45, 2.75) is 26.9 Å². The van der Waals surface area contributed by atoms with Gasteiger partial charge in [-0.05, 0) is 31.7 Å². The van der Waals surface area contributed by atoms with E-state index in [1.54, 1.807) is 0 Å². The standard InChI is InChI=1S/C10H18N2/c1-4-12(5-2)10-7-6-9(3)8-11-10/h6-8,10-11H,4-5H2,1-3H3. The van der Waals surface area contributed by atoms with Gasteiger partial charge in [-0.15, -0.1) is 0 Å². The second-order valence-electron chi connectivity index (χ2n) is 3.08. The van der Waals surface area contributed by atoms with E-state index in [-0.39, 0.29) is 0 Å². The zero-order valence-electron chi connectivity index (χ0n) is 8.17. The van der Waals surface area contributed by atoms with Gasteiger partial charge in [-0.3, -0.25) is 4.90 Å². The Hall–Kier alpha value is -0.760. The molecule has 0 aromatic carbocycles. The van der Waals surface area contributed by atoms with Crippen molar-refractivity contribution in [2.24, 2.45) is 0 Å². The van der Waals surface area contributed by atoms with Crippen molar-refractivity contribution < 1.29 is 0 Å². The van der Waals surface area contributed by atoms with Crippen molar-refractivity contribution in [2.75, 3.05) is 13.1 Å². The lowest BCUT2D eigenvalue weighted by molar-refractivity contribution is 0.234. The Labute approximate surface area is 74.9 Å². The molecule has 0 bridgehead atoms. The van der Waals surface area contributed by atoms with Crippen LogP contribution < -0.4 is 5.32 Å². The van der Waals surface area contributed by atoms with Gasteiger partial charge in [-0.2, -0.15) is 0 Å². The molecule has 0 aromatic heterocycles. The van der Waals surface area contributed by atoms with E-state index in [0.717, 1.165) is 13.1 Å². The van der Waals surface area contributed by atoms with Crippen molar-refractivity contribution in [3.8, 4) is 0 Å². The molecule has 0 aromatic rings. The van der Waals surface area contributed by atoms with Gasteiger partial charge in [0.15, 0.2) is 0 Å². The molecule has 0 saturated heterocycles. The first-order chi connectivity index (χ1) is 5.77. The Bertz CT molecular complexity index is 190. The van der Waals surface area contributed by atoms with Crippen molar-refractivity contribution in [3.05, 3.63) is 23.9 Å². The minimum absolute atomic E-state index is 0.392. The summed E-state index contributed by atoms with van der Waals surface area (Å²) in [6.45, 7) is 8.65. The Kier molecular flexibility index (Phi) is 3.35. The third-order valence-electron chi connectivity index (χ3n) is 2.23. The van der Waals surface area contributed by atoms with E-state index >= 15 is 0 Å². The number of allylic oxidation sites excluding steroid dienone is 2. The van der Waals surface area contributed by atoms with Gasteiger partial charge in [-0.25, -0.2) is 0 Å². The zero-order chi connectivity index (χ0) is 8.97. The van der Waals surface area contributed by atoms with E-state index in [1.165, 1.54) is 5.57 Å². The molecular weight excluding hydrogens is 148 g/mol. The minimum atomic E-state index is 0.392. The Balaban J connectivity index is 2.51. The molecule has 0 amide bonds. The fourth-order valence-corrected chi connectivity index (χ4v) is 1.41. The molecule has 1 unspecified atom stereocenters. The number of nitrogens with one attached hydrogen (secondary N) is 1. The molecule has 68 valence electrons. The monoisotopic (exact) mass is 166 g/mol. The van der Waals surface area contributed by atoms with Crippen LogP contribution in [-0.4, -0.2) is 24.2 Å². The van der Waals surface area contributed by atoms with Crippen LogP contribution in [0.1, 0.15) is 20.8 Å². The first-order valence-electron chi connectivity index (χ1n) is 4.63. The first-order valence-corrected chi connectivity index (χ1v) is 4.63. The molecule has 1 rings (SSSR count). The van der Waals surface area contributed by atoms with Crippen LogP contribution in [0.5, 0.6) is 0 Å². The first kappa shape index (κ1) is 9.33. The molecule has 0 aliphatic carbocycles. The molecule has 0 spiro atoms. The second kappa shape index (κ2) is 4.31. The molecule has 2 heteroatoms. The topological polar surface area (TPSA) is 15.3 Å². The summed E-state index contributed by atoms with van der Waals surface area (Å²) in [6.07, 6.45) is 6.84. The van der Waals surface area contributed by atoms with E-state index in [9.17, 15) is 0 Å². The molecule has 1 heterocycles. The number of nitrogens with zero attached hydrogens (tertiary/aromatic N) is 1. The molecule has 2 nitrogen and oxygen atoms in total. The van der Waals surface area contributed by atoms with Gasteiger partial charge < -0.3 is 5.32 Å². The molecule has 1 N–H and O–H groups in total. The highest BCUT2D eigenvalue weighted by Crippen LogP contribution is 2.06. The van der Waals surface area contributed by atoms with Gasteiger partial charge >= 0.3 is 0 Å². The van der Waals surface area contributed by atoms with Crippen LogP contribution in [0.4, 0.5) is 0 Å². The van der Waals surface area contributed by atoms with Gasteiger partial charge in [0, 0.05) is 6.20 Å². The van der Waals surface area contributed by atoms with Gasteiger partial charge in [0.2, 0.25) is 0 Å². The second-order valence-corrected chi connectivity index (χ2v) is 3.08. The van der Waals surface area contributed by atoms with E-state index in [1.807, 2.05) is 0 Å². The Morgan fingerprint density at radius 2 is 2.08 bits per heavy atom. The van der Waals surface area contributed by atoms with Crippen LogP contribution in [0.2, 0.25) is 0 Å². The predicted octanol–water partition coefficient (Wildman–Crippen LogP) is 1.72. The SMILES string of the molecule is CCN(CC)C1C=CC(C)=CN1. The molecular formula is C10H18N2. The molecule has 0 fully saturated rings. The van der Waals surface area contributed by atoms with Crippen molar-refractivity contribution in [3.63, 3.8) is 0 Å². The van der Waals surface area contributed by atoms with Gasteiger partial charge in [0.05, 0.1) is 6.17 Å². The molecule has 1 atom stereocenters. The lowest BCUT2D eigenvalue weighted by Gasteiger charge is -2.29. The van der Waals surface area contributed by atoms with Crippen LogP contribution in [0.15, 0.2) is 23.9 Å². The van der Waals surface area contributed by atoms with Crippen LogP contribution in [0, 0.1) is 0 Å². The summed E-state index contributed by atoms with van der Waals surface area (Å²) in [5.74, 6) is 0. The summed E-state index contributed by atoms with van der Waals surface area (Å²) >= 11 is 0. The average Bonchev–Trinajstić information content (AvgIpc) is 2.10. The normalized spacial score (nSPS) is 22.3. The highest BCUT2D eigenvalue weighted by atomic mass is 15.3. The third kappa shape index (κ3) is 2.11. The number of dihydropyridines is 1. The average molecular weight is 166 g/mol. The highest BCUT2D eigenvalue weighted by molar-refractivity contribution is 5.21. The van der Waals surface area contributed by atoms with E-state index < -0.39 is 0 Å². The van der Waals surface area contributed by atoms with Crippen molar-refractivity contribution in [1.82, 2.24) is 10.2 Å². The predicted molar refractivity (Wildman–Crippen MR) is 52.7 cm³/mol. The molecule has 1 aliphatic heterocycles. The number of rotatable bonds is 3. The molecule has 0 radical (unpaired) electrons. The largest absolute Gasteiger partial charge is 0.372 e. The smallest absolute Gasteiger partial charge is 0.0984 e. The van der Waals surface area contributed by atoms with Gasteiger partial charge in [0.1, 0.15) is 0 Å². The van der Waals surface area contributed by atoms with E-state index in [4.69, 9.17) is 0 Å². The molecule has 1 aliphatic rings. The number of likely N-dealkylation sites (N-methyl/N-ethyl adjacent to an activating group) is 1. The van der Waals surface area contributed by atoms with Gasteiger partial charge in [-0.1, -0.05) is 19.9 Å². The van der Waals surface area contributed by atoms with E-state index in [2.05, 4.69) is 49.3 Å². The van der Waals surface area contributed by atoms with Crippen LogP contribution in [0.25, 0.3) is 0 Å². The minimum Gasteiger partial charge on any atom is -0.372 e. The fourth-order valence-electron chi connectivity index (χ4n) is 1.41. The Morgan fingerprint density at radius 3 is 2.50 bits per heavy atom.